The van der Waals surface area contributed by atoms with Gasteiger partial charge in [0.1, 0.15) is 11.6 Å². The van der Waals surface area contributed by atoms with E-state index in [1.165, 1.54) is 12.1 Å². The molecule has 272 valence electrons. The largest absolute Gasteiger partial charge is 0.493 e. The average Bonchev–Trinajstić information content (AvgIpc) is 3.02. The zero-order chi connectivity index (χ0) is 36.6. The highest BCUT2D eigenvalue weighted by molar-refractivity contribution is 5.91. The van der Waals surface area contributed by atoms with E-state index < -0.39 is 17.7 Å². The van der Waals surface area contributed by atoms with Gasteiger partial charge in [-0.3, -0.25) is 4.98 Å². The number of carbonyl (C=O) groups is 1. The fourth-order valence-corrected chi connectivity index (χ4v) is 6.04. The van der Waals surface area contributed by atoms with Crippen LogP contribution in [0.25, 0.3) is 17.2 Å². The third kappa shape index (κ3) is 11.1. The number of piperidine rings is 1. The summed E-state index contributed by atoms with van der Waals surface area (Å²) in [6.45, 7) is 22.7. The Morgan fingerprint density at radius 3 is 2.20 bits per heavy atom. The number of benzene rings is 2. The fraction of sp³-hybridized carbons (Fsp3) is 0.524. The van der Waals surface area contributed by atoms with Crippen LogP contribution in [0.15, 0.2) is 54.6 Å². The van der Waals surface area contributed by atoms with Crippen molar-refractivity contribution < 1.29 is 28.1 Å². The molecule has 8 heteroatoms. The molecule has 1 saturated heterocycles. The molecule has 50 heavy (non-hydrogen) atoms. The molecule has 4 rings (SSSR count). The van der Waals surface area contributed by atoms with Gasteiger partial charge in [-0.05, 0) is 115 Å². The third-order valence-electron chi connectivity index (χ3n) is 8.68. The molecule has 2 aromatic carbocycles. The van der Waals surface area contributed by atoms with Crippen molar-refractivity contribution in [3.8, 4) is 16.9 Å². The molecule has 7 nitrogen and oxygen atoms in total. The van der Waals surface area contributed by atoms with Crippen molar-refractivity contribution in [3.05, 3.63) is 82.9 Å². The van der Waals surface area contributed by atoms with Gasteiger partial charge in [0.15, 0.2) is 6.10 Å². The fourth-order valence-electron chi connectivity index (χ4n) is 6.04. The Morgan fingerprint density at radius 2 is 1.62 bits per heavy atom. The average molecular weight is 689 g/mol. The molecule has 1 aromatic heterocycles. The van der Waals surface area contributed by atoms with E-state index in [-0.39, 0.29) is 23.4 Å². The molecule has 2 heterocycles. The summed E-state index contributed by atoms with van der Waals surface area (Å²) in [6.07, 6.45) is 5.50. The first-order valence-electron chi connectivity index (χ1n) is 18.0. The predicted octanol–water partition coefficient (Wildman–Crippen LogP) is 9.69. The van der Waals surface area contributed by atoms with Crippen molar-refractivity contribution in [3.63, 3.8) is 0 Å². The van der Waals surface area contributed by atoms with Gasteiger partial charge in [-0.15, -0.1) is 0 Å². The van der Waals surface area contributed by atoms with Gasteiger partial charge in [-0.1, -0.05) is 44.2 Å². The van der Waals surface area contributed by atoms with Crippen LogP contribution in [0.2, 0.25) is 0 Å². The minimum atomic E-state index is -0.982. The number of ether oxygens (including phenoxy) is 4. The molecule has 0 amide bonds. The quantitative estimate of drug-likeness (QED) is 0.156. The van der Waals surface area contributed by atoms with Crippen LogP contribution < -0.4 is 9.64 Å². The lowest BCUT2D eigenvalue weighted by Gasteiger charge is -2.41. The van der Waals surface area contributed by atoms with E-state index in [4.69, 9.17) is 23.9 Å². The van der Waals surface area contributed by atoms with Crippen LogP contribution in [-0.4, -0.2) is 55.1 Å². The number of nitrogens with zero attached hydrogens (tertiary/aromatic N) is 2. The molecule has 1 atom stereocenters. The molecule has 1 aliphatic rings. The summed E-state index contributed by atoms with van der Waals surface area (Å²) >= 11 is 0. The van der Waals surface area contributed by atoms with Crippen molar-refractivity contribution in [1.29, 1.82) is 0 Å². The van der Waals surface area contributed by atoms with Crippen LogP contribution in [0.3, 0.4) is 0 Å². The molecule has 0 saturated carbocycles. The Kier molecular flexibility index (Phi) is 13.3. The highest BCUT2D eigenvalue weighted by Crippen LogP contribution is 2.46. The number of hydrogen-bond acceptors (Lipinski definition) is 7. The molecule has 3 aromatic rings. The van der Waals surface area contributed by atoms with Crippen LogP contribution >= 0.6 is 0 Å². The molecule has 0 radical (unpaired) electrons. The monoisotopic (exact) mass is 688 g/mol. The Labute approximate surface area is 299 Å². The number of pyridine rings is 1. The topological polar surface area (TPSA) is 70.1 Å². The number of esters is 1. The molecule has 0 N–H and O–H groups in total. The summed E-state index contributed by atoms with van der Waals surface area (Å²) in [5.74, 6) is 0.0543. The van der Waals surface area contributed by atoms with E-state index in [2.05, 4.69) is 30.9 Å². The van der Waals surface area contributed by atoms with Crippen molar-refractivity contribution in [2.75, 3.05) is 31.2 Å². The van der Waals surface area contributed by atoms with Gasteiger partial charge in [-0.2, -0.15) is 0 Å². The van der Waals surface area contributed by atoms with E-state index >= 15 is 0 Å². The number of rotatable bonds is 14. The molecular formula is C42H57FN2O5. The maximum Gasteiger partial charge on any atom is 0.340 e. The van der Waals surface area contributed by atoms with Crippen molar-refractivity contribution in [1.82, 2.24) is 4.98 Å². The number of aromatic nitrogens is 1. The summed E-state index contributed by atoms with van der Waals surface area (Å²) in [7, 11) is 0. The maximum atomic E-state index is 13.9. The maximum absolute atomic E-state index is 13.9. The standard InChI is InChI=1S/C42H57FN2O5/c1-28(2)47-26-11-12-35-37(32-15-19-34(20-16-32)48-27-21-31-13-17-33(43)18-14-31)38(45-24-22-42(9,10)23-25-45)36(30(5)44-35)39(50-41(6,7)8)40(46)49-29(3)4/h11-20,28-29,39H,21-27H2,1-10H3/b12-11-. The SMILES string of the molecule is Cc1nc(/C=C\COC(C)C)c(-c2ccc(OCCc3ccc(F)cc3)cc2)c(N2CCC(C)(C)CC2)c1C(OC(C)(C)C)C(=O)OC(C)C. The molecule has 1 aliphatic heterocycles. The van der Waals surface area contributed by atoms with Gasteiger partial charge in [-0.25, -0.2) is 9.18 Å². The minimum absolute atomic E-state index is 0.0985. The first-order valence-corrected chi connectivity index (χ1v) is 18.0. The first kappa shape index (κ1) is 39.0. The van der Waals surface area contributed by atoms with Gasteiger partial charge in [0.05, 0.1) is 42.4 Å². The summed E-state index contributed by atoms with van der Waals surface area (Å²) in [5.41, 5.74) is 5.63. The molecular weight excluding hydrogens is 631 g/mol. The first-order chi connectivity index (χ1) is 23.5. The summed E-state index contributed by atoms with van der Waals surface area (Å²) in [6, 6.07) is 14.5. The molecule has 0 aliphatic carbocycles. The number of anilines is 1. The van der Waals surface area contributed by atoms with Crippen molar-refractivity contribution in [2.24, 2.45) is 5.41 Å². The Hall–Kier alpha value is -3.75. The van der Waals surface area contributed by atoms with Crippen molar-refractivity contribution in [2.45, 2.75) is 112 Å². The van der Waals surface area contributed by atoms with Crippen LogP contribution in [-0.2, 0) is 25.4 Å². The van der Waals surface area contributed by atoms with Gasteiger partial charge in [0.25, 0.3) is 0 Å². The number of aryl methyl sites for hydroxylation is 1. The van der Waals surface area contributed by atoms with Crippen LogP contribution in [0.4, 0.5) is 10.1 Å². The van der Waals surface area contributed by atoms with Crippen LogP contribution in [0.5, 0.6) is 5.75 Å². The van der Waals surface area contributed by atoms with Crippen LogP contribution in [0.1, 0.15) is 104 Å². The van der Waals surface area contributed by atoms with E-state index in [1.54, 1.807) is 12.1 Å². The van der Waals surface area contributed by atoms with Crippen LogP contribution in [0, 0.1) is 18.2 Å². The second-order valence-corrected chi connectivity index (χ2v) is 15.5. The van der Waals surface area contributed by atoms with E-state index in [1.807, 2.05) is 79.7 Å². The van der Waals surface area contributed by atoms with Gasteiger partial charge in [0.2, 0.25) is 0 Å². The zero-order valence-corrected chi connectivity index (χ0v) is 31.8. The highest BCUT2D eigenvalue weighted by atomic mass is 19.1. The summed E-state index contributed by atoms with van der Waals surface area (Å²) in [4.78, 5) is 21.5. The van der Waals surface area contributed by atoms with Gasteiger partial charge in [0, 0.05) is 36.3 Å². The second kappa shape index (κ2) is 17.0. The summed E-state index contributed by atoms with van der Waals surface area (Å²) < 4.78 is 37.7. The molecule has 1 fully saturated rings. The van der Waals surface area contributed by atoms with E-state index in [9.17, 15) is 9.18 Å². The lowest BCUT2D eigenvalue weighted by Crippen LogP contribution is -2.39. The third-order valence-corrected chi connectivity index (χ3v) is 8.68. The molecule has 1 unspecified atom stereocenters. The zero-order valence-electron chi connectivity index (χ0n) is 31.8. The van der Waals surface area contributed by atoms with E-state index in [0.717, 1.165) is 65.3 Å². The highest BCUT2D eigenvalue weighted by Gasteiger charge is 2.38. The van der Waals surface area contributed by atoms with Crippen molar-refractivity contribution >= 4 is 17.7 Å². The number of halogens is 1. The Bertz CT molecular complexity index is 1580. The lowest BCUT2D eigenvalue weighted by atomic mass is 9.81. The smallest absolute Gasteiger partial charge is 0.340 e. The minimum Gasteiger partial charge on any atom is -0.493 e. The second-order valence-electron chi connectivity index (χ2n) is 15.5. The molecule has 0 spiro atoms. The van der Waals surface area contributed by atoms with Gasteiger partial charge >= 0.3 is 5.97 Å². The van der Waals surface area contributed by atoms with Gasteiger partial charge < -0.3 is 23.8 Å². The van der Waals surface area contributed by atoms with E-state index in [0.29, 0.717) is 25.3 Å². The Morgan fingerprint density at radius 1 is 0.980 bits per heavy atom. The molecule has 0 bridgehead atoms. The number of hydrogen-bond donors (Lipinski definition) is 0. The Balaban J connectivity index is 1.86. The normalized spacial score (nSPS) is 15.6. The lowest BCUT2D eigenvalue weighted by molar-refractivity contribution is -0.171. The summed E-state index contributed by atoms with van der Waals surface area (Å²) in [5, 5.41) is 0. The number of carbonyl (C=O) groups excluding carboxylic acids is 1. The predicted molar refractivity (Wildman–Crippen MR) is 200 cm³/mol.